The first-order valence-corrected chi connectivity index (χ1v) is 6.89. The number of benzene rings is 2. The van der Waals surface area contributed by atoms with Gasteiger partial charge in [-0.3, -0.25) is 9.48 Å². The minimum absolute atomic E-state index is 0.0899. The molecular formula is C17H13F2N3O. The number of nitrogens with zero attached hydrogens (tertiary/aromatic N) is 2. The molecule has 2 aromatic carbocycles. The first-order chi connectivity index (χ1) is 11.0. The number of hydrogen-bond donors (Lipinski definition) is 1. The van der Waals surface area contributed by atoms with Gasteiger partial charge in [0, 0.05) is 30.1 Å². The summed E-state index contributed by atoms with van der Waals surface area (Å²) >= 11 is 0. The van der Waals surface area contributed by atoms with Crippen LogP contribution < -0.4 is 5.32 Å². The van der Waals surface area contributed by atoms with Crippen molar-refractivity contribution < 1.29 is 13.6 Å². The molecular weight excluding hydrogens is 300 g/mol. The fourth-order valence-electron chi connectivity index (χ4n) is 2.26. The lowest BCUT2D eigenvalue weighted by molar-refractivity contribution is 0.102. The summed E-state index contributed by atoms with van der Waals surface area (Å²) in [5.74, 6) is -1.48. The Kier molecular flexibility index (Phi) is 3.89. The SMILES string of the molecule is Cn1cc(C(=O)Nc2ccccc2-c2cc(F)ccc2F)cn1. The number of aromatic nitrogens is 2. The molecule has 0 aliphatic heterocycles. The quantitative estimate of drug-likeness (QED) is 0.803. The second-order valence-corrected chi connectivity index (χ2v) is 5.03. The fourth-order valence-corrected chi connectivity index (χ4v) is 2.26. The monoisotopic (exact) mass is 313 g/mol. The van der Waals surface area contributed by atoms with Gasteiger partial charge in [0.25, 0.3) is 5.91 Å². The van der Waals surface area contributed by atoms with Crippen molar-refractivity contribution in [1.82, 2.24) is 9.78 Å². The number of amides is 1. The van der Waals surface area contributed by atoms with Gasteiger partial charge in [0.05, 0.1) is 11.8 Å². The van der Waals surface area contributed by atoms with Gasteiger partial charge in [0.2, 0.25) is 0 Å². The molecule has 3 aromatic rings. The molecule has 0 atom stereocenters. The maximum absolute atomic E-state index is 14.0. The van der Waals surface area contributed by atoms with Crippen LogP contribution in [0, 0.1) is 11.6 Å². The molecule has 0 radical (unpaired) electrons. The van der Waals surface area contributed by atoms with Gasteiger partial charge in [-0.2, -0.15) is 5.10 Å². The van der Waals surface area contributed by atoms with E-state index in [4.69, 9.17) is 0 Å². The van der Waals surface area contributed by atoms with Crippen molar-refractivity contribution in [1.29, 1.82) is 0 Å². The van der Waals surface area contributed by atoms with Crippen molar-refractivity contribution in [3.8, 4) is 11.1 Å². The molecule has 3 rings (SSSR count). The van der Waals surface area contributed by atoms with Gasteiger partial charge in [0.1, 0.15) is 11.6 Å². The standard InChI is InChI=1S/C17H13F2N3O/c1-22-10-11(9-20-22)17(23)21-16-5-3-2-4-13(16)14-8-12(18)6-7-15(14)19/h2-10H,1H3,(H,21,23). The van der Waals surface area contributed by atoms with Gasteiger partial charge in [-0.15, -0.1) is 0 Å². The Morgan fingerprint density at radius 3 is 2.65 bits per heavy atom. The topological polar surface area (TPSA) is 46.9 Å². The summed E-state index contributed by atoms with van der Waals surface area (Å²) in [6, 6.07) is 9.87. The molecule has 1 heterocycles. The highest BCUT2D eigenvalue weighted by Gasteiger charge is 2.14. The Balaban J connectivity index is 1.98. The van der Waals surface area contributed by atoms with E-state index in [0.29, 0.717) is 16.8 Å². The first kappa shape index (κ1) is 14.9. The van der Waals surface area contributed by atoms with E-state index in [1.807, 2.05) is 0 Å². The van der Waals surface area contributed by atoms with Gasteiger partial charge < -0.3 is 5.32 Å². The minimum Gasteiger partial charge on any atom is -0.321 e. The van der Waals surface area contributed by atoms with E-state index in [2.05, 4.69) is 10.4 Å². The van der Waals surface area contributed by atoms with Gasteiger partial charge in [-0.25, -0.2) is 8.78 Å². The molecule has 0 unspecified atom stereocenters. The summed E-state index contributed by atoms with van der Waals surface area (Å²) in [6.45, 7) is 0. The molecule has 1 amide bonds. The molecule has 0 aliphatic carbocycles. The van der Waals surface area contributed by atoms with Crippen molar-refractivity contribution in [3.05, 3.63) is 72.1 Å². The molecule has 116 valence electrons. The molecule has 0 saturated heterocycles. The number of para-hydroxylation sites is 1. The summed E-state index contributed by atoms with van der Waals surface area (Å²) in [5, 5.41) is 6.64. The zero-order chi connectivity index (χ0) is 16.4. The maximum atomic E-state index is 14.0. The molecule has 0 bridgehead atoms. The third-order valence-corrected chi connectivity index (χ3v) is 3.36. The molecule has 0 saturated carbocycles. The lowest BCUT2D eigenvalue weighted by Crippen LogP contribution is -2.12. The number of anilines is 1. The number of carbonyl (C=O) groups is 1. The van der Waals surface area contributed by atoms with E-state index in [1.165, 1.54) is 10.9 Å². The average Bonchev–Trinajstić information content (AvgIpc) is 2.97. The van der Waals surface area contributed by atoms with Crippen LogP contribution in [0.5, 0.6) is 0 Å². The lowest BCUT2D eigenvalue weighted by atomic mass is 10.0. The predicted molar refractivity (Wildman–Crippen MR) is 83.0 cm³/mol. The molecule has 0 aliphatic rings. The summed E-state index contributed by atoms with van der Waals surface area (Å²) in [5.41, 5.74) is 1.27. The van der Waals surface area contributed by atoms with Crippen LogP contribution in [0.25, 0.3) is 11.1 Å². The number of aryl methyl sites for hydroxylation is 1. The second-order valence-electron chi connectivity index (χ2n) is 5.03. The first-order valence-electron chi connectivity index (χ1n) is 6.89. The second kappa shape index (κ2) is 6.00. The number of hydrogen-bond acceptors (Lipinski definition) is 2. The average molecular weight is 313 g/mol. The van der Waals surface area contributed by atoms with Crippen LogP contribution in [0.2, 0.25) is 0 Å². The summed E-state index contributed by atoms with van der Waals surface area (Å²) in [6.07, 6.45) is 3.00. The normalized spacial score (nSPS) is 10.6. The van der Waals surface area contributed by atoms with Crippen LogP contribution in [-0.4, -0.2) is 15.7 Å². The molecule has 23 heavy (non-hydrogen) atoms. The van der Waals surface area contributed by atoms with E-state index in [-0.39, 0.29) is 11.5 Å². The predicted octanol–water partition coefficient (Wildman–Crippen LogP) is 3.62. The number of rotatable bonds is 3. The third kappa shape index (κ3) is 3.11. The highest BCUT2D eigenvalue weighted by Crippen LogP contribution is 2.30. The Labute approximate surface area is 131 Å². The van der Waals surface area contributed by atoms with Crippen LogP contribution in [0.4, 0.5) is 14.5 Å². The van der Waals surface area contributed by atoms with Gasteiger partial charge in [0.15, 0.2) is 0 Å². The fraction of sp³-hybridized carbons (Fsp3) is 0.0588. The van der Waals surface area contributed by atoms with Crippen LogP contribution in [-0.2, 0) is 7.05 Å². The van der Waals surface area contributed by atoms with E-state index in [9.17, 15) is 13.6 Å². The van der Waals surface area contributed by atoms with Crippen molar-refractivity contribution >= 4 is 11.6 Å². The Morgan fingerprint density at radius 2 is 1.91 bits per heavy atom. The maximum Gasteiger partial charge on any atom is 0.258 e. The Hall–Kier alpha value is -3.02. The molecule has 1 N–H and O–H groups in total. The van der Waals surface area contributed by atoms with Gasteiger partial charge in [-0.05, 0) is 24.3 Å². The Bertz CT molecular complexity index is 874. The summed E-state index contributed by atoms with van der Waals surface area (Å²) in [7, 11) is 1.70. The van der Waals surface area contributed by atoms with E-state index in [1.54, 1.807) is 37.5 Å². The van der Waals surface area contributed by atoms with Crippen molar-refractivity contribution in [2.45, 2.75) is 0 Å². The third-order valence-electron chi connectivity index (χ3n) is 3.36. The zero-order valence-corrected chi connectivity index (χ0v) is 12.3. The highest BCUT2D eigenvalue weighted by molar-refractivity contribution is 6.06. The van der Waals surface area contributed by atoms with E-state index < -0.39 is 11.6 Å². The number of halogens is 2. The molecule has 6 heteroatoms. The Morgan fingerprint density at radius 1 is 1.13 bits per heavy atom. The minimum atomic E-state index is -0.561. The summed E-state index contributed by atoms with van der Waals surface area (Å²) in [4.78, 5) is 12.2. The van der Waals surface area contributed by atoms with Crippen molar-refractivity contribution in [3.63, 3.8) is 0 Å². The van der Waals surface area contributed by atoms with Crippen LogP contribution >= 0.6 is 0 Å². The molecule has 0 fully saturated rings. The molecule has 4 nitrogen and oxygen atoms in total. The van der Waals surface area contributed by atoms with Crippen LogP contribution in [0.3, 0.4) is 0 Å². The van der Waals surface area contributed by atoms with Crippen molar-refractivity contribution in [2.75, 3.05) is 5.32 Å². The van der Waals surface area contributed by atoms with E-state index in [0.717, 1.165) is 18.2 Å². The van der Waals surface area contributed by atoms with Gasteiger partial charge >= 0.3 is 0 Å². The summed E-state index contributed by atoms with van der Waals surface area (Å²) < 4.78 is 28.9. The molecule has 1 aromatic heterocycles. The lowest BCUT2D eigenvalue weighted by Gasteiger charge is -2.11. The number of nitrogens with one attached hydrogen (secondary N) is 1. The highest BCUT2D eigenvalue weighted by atomic mass is 19.1. The molecule has 0 spiro atoms. The van der Waals surface area contributed by atoms with Crippen molar-refractivity contribution in [2.24, 2.45) is 7.05 Å². The van der Waals surface area contributed by atoms with Gasteiger partial charge in [-0.1, -0.05) is 18.2 Å². The van der Waals surface area contributed by atoms with Crippen LogP contribution in [0.1, 0.15) is 10.4 Å². The smallest absolute Gasteiger partial charge is 0.258 e. The largest absolute Gasteiger partial charge is 0.321 e. The van der Waals surface area contributed by atoms with Crippen LogP contribution in [0.15, 0.2) is 54.9 Å². The van der Waals surface area contributed by atoms with E-state index >= 15 is 0 Å². The number of carbonyl (C=O) groups excluding carboxylic acids is 1. The zero-order valence-electron chi connectivity index (χ0n) is 12.3.